The Labute approximate surface area is 150 Å². The van der Waals surface area contributed by atoms with Gasteiger partial charge in [-0.25, -0.2) is 9.37 Å². The van der Waals surface area contributed by atoms with E-state index in [1.54, 1.807) is 19.4 Å². The second-order valence-electron chi connectivity index (χ2n) is 5.95. The van der Waals surface area contributed by atoms with E-state index < -0.39 is 0 Å². The Bertz CT molecular complexity index is 1070. The van der Waals surface area contributed by atoms with Gasteiger partial charge < -0.3 is 9.47 Å². The summed E-state index contributed by atoms with van der Waals surface area (Å²) in [5.41, 5.74) is 2.68. The van der Waals surface area contributed by atoms with Gasteiger partial charge in [0.15, 0.2) is 0 Å². The van der Waals surface area contributed by atoms with Crippen LogP contribution in [-0.4, -0.2) is 16.7 Å². The van der Waals surface area contributed by atoms with E-state index in [1.807, 2.05) is 54.0 Å². The molecule has 26 heavy (non-hydrogen) atoms. The molecule has 0 unspecified atom stereocenters. The van der Waals surface area contributed by atoms with E-state index in [9.17, 15) is 4.39 Å². The van der Waals surface area contributed by atoms with Crippen molar-refractivity contribution in [2.75, 3.05) is 7.11 Å². The molecule has 0 amide bonds. The zero-order valence-electron chi connectivity index (χ0n) is 14.4. The monoisotopic (exact) mass is 348 g/mol. The predicted molar refractivity (Wildman–Crippen MR) is 98.8 cm³/mol. The average molecular weight is 348 g/mol. The number of fused-ring (bicyclic) bond motifs is 1. The van der Waals surface area contributed by atoms with Crippen LogP contribution in [-0.2, 0) is 0 Å². The van der Waals surface area contributed by atoms with Crippen LogP contribution in [0.3, 0.4) is 0 Å². The highest BCUT2D eigenvalue weighted by Gasteiger charge is 2.15. The third kappa shape index (κ3) is 2.88. The molecule has 4 nitrogen and oxygen atoms in total. The Morgan fingerprint density at radius 3 is 2.58 bits per heavy atom. The minimum absolute atomic E-state index is 0.337. The number of benzene rings is 2. The van der Waals surface area contributed by atoms with Gasteiger partial charge in [-0.05, 0) is 30.7 Å². The van der Waals surface area contributed by atoms with Crippen LogP contribution in [0.1, 0.15) is 5.56 Å². The van der Waals surface area contributed by atoms with Crippen LogP contribution in [0.15, 0.2) is 66.9 Å². The third-order valence-corrected chi connectivity index (χ3v) is 4.22. The fourth-order valence-corrected chi connectivity index (χ4v) is 2.88. The molecule has 0 radical (unpaired) electrons. The van der Waals surface area contributed by atoms with Crippen molar-refractivity contribution >= 4 is 10.9 Å². The van der Waals surface area contributed by atoms with Crippen LogP contribution < -0.4 is 9.47 Å². The van der Waals surface area contributed by atoms with Crippen LogP contribution in [0.5, 0.6) is 17.5 Å². The molecule has 0 aliphatic rings. The lowest BCUT2D eigenvalue weighted by molar-refractivity contribution is 0.398. The fraction of sp³-hybridized carbons (Fsp3) is 0.0952. The van der Waals surface area contributed by atoms with E-state index >= 15 is 0 Å². The topological polar surface area (TPSA) is 36.3 Å². The van der Waals surface area contributed by atoms with Gasteiger partial charge in [-0.2, -0.15) is 0 Å². The molecule has 0 fully saturated rings. The van der Waals surface area contributed by atoms with Crippen molar-refractivity contribution < 1.29 is 13.9 Å². The van der Waals surface area contributed by atoms with Crippen molar-refractivity contribution in [2.45, 2.75) is 6.92 Å². The van der Waals surface area contributed by atoms with Crippen molar-refractivity contribution in [3.63, 3.8) is 0 Å². The normalized spacial score (nSPS) is 10.9. The number of halogens is 1. The maximum absolute atomic E-state index is 13.7. The highest BCUT2D eigenvalue weighted by molar-refractivity contribution is 5.84. The molecule has 0 saturated carbocycles. The van der Waals surface area contributed by atoms with Crippen LogP contribution in [0, 0.1) is 12.7 Å². The molecule has 2 aromatic carbocycles. The predicted octanol–water partition coefficient (Wildman–Crippen LogP) is 5.27. The second kappa shape index (κ2) is 6.52. The van der Waals surface area contributed by atoms with Gasteiger partial charge in [0.05, 0.1) is 12.6 Å². The molecular formula is C21H17FN2O2. The molecule has 130 valence electrons. The number of ether oxygens (including phenoxy) is 2. The quantitative estimate of drug-likeness (QED) is 0.504. The summed E-state index contributed by atoms with van der Waals surface area (Å²) in [6.07, 6.45) is 1.74. The number of nitrogens with zero attached hydrogens (tertiary/aromatic N) is 2. The zero-order valence-corrected chi connectivity index (χ0v) is 14.4. The third-order valence-electron chi connectivity index (χ3n) is 4.22. The molecule has 0 spiro atoms. The molecule has 0 bridgehead atoms. The number of rotatable bonds is 4. The maximum atomic E-state index is 13.7. The number of hydrogen-bond donors (Lipinski definition) is 0. The Morgan fingerprint density at radius 1 is 1.00 bits per heavy atom. The summed E-state index contributed by atoms with van der Waals surface area (Å²) in [5, 5.41) is 0.902. The van der Waals surface area contributed by atoms with Gasteiger partial charge in [-0.3, -0.25) is 4.57 Å². The van der Waals surface area contributed by atoms with Crippen LogP contribution in [0.2, 0.25) is 0 Å². The van der Waals surface area contributed by atoms with Crippen LogP contribution in [0.4, 0.5) is 4.39 Å². The average Bonchev–Trinajstić information content (AvgIpc) is 3.02. The zero-order chi connectivity index (χ0) is 18.1. The van der Waals surface area contributed by atoms with Crippen molar-refractivity contribution in [3.8, 4) is 23.2 Å². The largest absolute Gasteiger partial charge is 0.481 e. The van der Waals surface area contributed by atoms with Crippen molar-refractivity contribution in [1.29, 1.82) is 0 Å². The molecule has 2 aromatic heterocycles. The van der Waals surface area contributed by atoms with Crippen molar-refractivity contribution in [1.82, 2.24) is 9.55 Å². The SMILES string of the molecule is COc1cc2c(cn1)cc(Oc1cc(F)ccc1C)n2-c1ccccc1. The summed E-state index contributed by atoms with van der Waals surface area (Å²) >= 11 is 0. The molecular weight excluding hydrogens is 331 g/mol. The van der Waals surface area contributed by atoms with E-state index in [0.717, 1.165) is 22.2 Å². The van der Waals surface area contributed by atoms with Gasteiger partial charge in [0, 0.05) is 35.5 Å². The lowest BCUT2D eigenvalue weighted by Crippen LogP contribution is -1.99. The summed E-state index contributed by atoms with van der Waals surface area (Å²) in [4.78, 5) is 4.26. The first-order valence-corrected chi connectivity index (χ1v) is 8.20. The van der Waals surface area contributed by atoms with Crippen molar-refractivity contribution in [3.05, 3.63) is 78.2 Å². The molecule has 0 aliphatic carbocycles. The highest BCUT2D eigenvalue weighted by Crippen LogP contribution is 2.34. The van der Waals surface area contributed by atoms with E-state index in [0.29, 0.717) is 17.5 Å². The van der Waals surface area contributed by atoms with Gasteiger partial charge >= 0.3 is 0 Å². The molecule has 0 aliphatic heterocycles. The molecule has 5 heteroatoms. The number of methoxy groups -OCH3 is 1. The number of aryl methyl sites for hydroxylation is 1. The van der Waals surface area contributed by atoms with Crippen molar-refractivity contribution in [2.24, 2.45) is 0 Å². The Balaban J connectivity index is 1.92. The molecule has 0 atom stereocenters. The summed E-state index contributed by atoms with van der Waals surface area (Å²) in [6, 6.07) is 18.1. The first-order valence-electron chi connectivity index (χ1n) is 8.20. The highest BCUT2D eigenvalue weighted by atomic mass is 19.1. The smallest absolute Gasteiger partial charge is 0.215 e. The number of aromatic nitrogens is 2. The number of para-hydroxylation sites is 1. The summed E-state index contributed by atoms with van der Waals surface area (Å²) in [6.45, 7) is 1.88. The van der Waals surface area contributed by atoms with Gasteiger partial charge in [-0.1, -0.05) is 24.3 Å². The van der Waals surface area contributed by atoms with Gasteiger partial charge in [-0.15, -0.1) is 0 Å². The Kier molecular flexibility index (Phi) is 4.05. The molecule has 0 N–H and O–H groups in total. The minimum Gasteiger partial charge on any atom is -0.481 e. The first kappa shape index (κ1) is 16.1. The van der Waals surface area contributed by atoms with Gasteiger partial charge in [0.2, 0.25) is 11.8 Å². The molecule has 2 heterocycles. The summed E-state index contributed by atoms with van der Waals surface area (Å²) in [5.74, 6) is 1.23. The lowest BCUT2D eigenvalue weighted by Gasteiger charge is -2.13. The first-order chi connectivity index (χ1) is 12.7. The minimum atomic E-state index is -0.337. The van der Waals surface area contributed by atoms with Gasteiger partial charge in [0.1, 0.15) is 11.6 Å². The van der Waals surface area contributed by atoms with E-state index in [-0.39, 0.29) is 5.82 Å². The van der Waals surface area contributed by atoms with E-state index in [1.165, 1.54) is 12.1 Å². The van der Waals surface area contributed by atoms with E-state index in [2.05, 4.69) is 4.98 Å². The summed E-state index contributed by atoms with van der Waals surface area (Å²) in [7, 11) is 1.58. The Hall–Kier alpha value is -3.34. The van der Waals surface area contributed by atoms with Crippen LogP contribution in [0.25, 0.3) is 16.6 Å². The maximum Gasteiger partial charge on any atom is 0.215 e. The number of hydrogen-bond acceptors (Lipinski definition) is 3. The second-order valence-corrected chi connectivity index (χ2v) is 5.95. The fourth-order valence-electron chi connectivity index (χ4n) is 2.88. The van der Waals surface area contributed by atoms with Crippen LogP contribution >= 0.6 is 0 Å². The van der Waals surface area contributed by atoms with E-state index in [4.69, 9.17) is 9.47 Å². The number of pyridine rings is 1. The van der Waals surface area contributed by atoms with Gasteiger partial charge in [0.25, 0.3) is 0 Å². The standard InChI is InChI=1S/C21H17FN2O2/c1-14-8-9-16(22)11-19(14)26-21-10-15-13-23-20(25-2)12-18(15)24(21)17-6-4-3-5-7-17/h3-13H,1-2H3. The summed E-state index contributed by atoms with van der Waals surface area (Å²) < 4.78 is 27.0. The molecule has 4 aromatic rings. The molecule has 0 saturated heterocycles. The Morgan fingerprint density at radius 2 is 1.81 bits per heavy atom. The molecule has 4 rings (SSSR count). The lowest BCUT2D eigenvalue weighted by atomic mass is 10.2.